The van der Waals surface area contributed by atoms with Crippen molar-refractivity contribution in [3.8, 4) is 0 Å². The van der Waals surface area contributed by atoms with Crippen LogP contribution in [0.5, 0.6) is 0 Å². The highest BCUT2D eigenvalue weighted by Gasteiger charge is 2.20. The number of rotatable bonds is 6. The smallest absolute Gasteiger partial charge is 0.0997 e. The van der Waals surface area contributed by atoms with Gasteiger partial charge in [0.25, 0.3) is 0 Å². The second-order valence-corrected chi connectivity index (χ2v) is 4.24. The lowest BCUT2D eigenvalue weighted by molar-refractivity contribution is 0.144. The highest BCUT2D eigenvalue weighted by molar-refractivity contribution is 5.14. The average Bonchev–Trinajstić information content (AvgIpc) is 2.69. The van der Waals surface area contributed by atoms with E-state index in [2.05, 4.69) is 31.1 Å². The molecule has 5 heteroatoms. The van der Waals surface area contributed by atoms with Crippen LogP contribution in [-0.4, -0.2) is 28.7 Å². The molecule has 0 aliphatic heterocycles. The minimum atomic E-state index is 0.246. The van der Waals surface area contributed by atoms with Gasteiger partial charge in [-0.25, -0.2) is 4.68 Å². The first-order valence-electron chi connectivity index (χ1n) is 5.78. The number of nitrogens with zero attached hydrogens (tertiary/aromatic N) is 3. The predicted octanol–water partition coefficient (Wildman–Crippen LogP) is 1.46. The summed E-state index contributed by atoms with van der Waals surface area (Å²) in [7, 11) is 1.71. The largest absolute Gasteiger partial charge is 0.382 e. The van der Waals surface area contributed by atoms with E-state index in [0.717, 1.165) is 17.8 Å². The van der Waals surface area contributed by atoms with Crippen LogP contribution in [0.4, 0.5) is 0 Å². The van der Waals surface area contributed by atoms with Gasteiger partial charge in [-0.3, -0.25) is 0 Å². The zero-order valence-electron chi connectivity index (χ0n) is 10.6. The van der Waals surface area contributed by atoms with Crippen molar-refractivity contribution in [1.29, 1.82) is 0 Å². The Hall–Kier alpha value is -0.940. The van der Waals surface area contributed by atoms with Crippen LogP contribution in [0, 0.1) is 0 Å². The molecule has 2 N–H and O–H groups in total. The lowest BCUT2D eigenvalue weighted by atomic mass is 10.1. The maximum atomic E-state index is 5.67. The van der Waals surface area contributed by atoms with Crippen molar-refractivity contribution in [3.63, 3.8) is 0 Å². The van der Waals surface area contributed by atoms with Crippen LogP contribution in [0.15, 0.2) is 0 Å². The van der Waals surface area contributed by atoms with Crippen LogP contribution in [-0.2, 0) is 11.3 Å². The predicted molar refractivity (Wildman–Crippen MR) is 63.2 cm³/mol. The lowest BCUT2D eigenvalue weighted by Crippen LogP contribution is -2.19. The van der Waals surface area contributed by atoms with E-state index in [-0.39, 0.29) is 6.04 Å². The molecule has 1 aromatic heterocycles. The second-order valence-electron chi connectivity index (χ2n) is 4.24. The molecule has 0 fully saturated rings. The molecular weight excluding hydrogens is 204 g/mol. The van der Waals surface area contributed by atoms with Crippen LogP contribution in [0.3, 0.4) is 0 Å². The summed E-state index contributed by atoms with van der Waals surface area (Å²) in [4.78, 5) is 0. The molecular formula is C11H22N4O. The number of aromatic nitrogens is 3. The number of hydrogen-bond acceptors (Lipinski definition) is 4. The fraction of sp³-hybridized carbons (Fsp3) is 0.818. The third kappa shape index (κ3) is 2.59. The molecule has 1 aromatic rings. The molecule has 5 nitrogen and oxygen atoms in total. The first-order valence-corrected chi connectivity index (χ1v) is 5.78. The van der Waals surface area contributed by atoms with E-state index >= 15 is 0 Å². The zero-order valence-corrected chi connectivity index (χ0v) is 10.6. The van der Waals surface area contributed by atoms with Gasteiger partial charge in [-0.05, 0) is 12.3 Å². The summed E-state index contributed by atoms with van der Waals surface area (Å²) >= 11 is 0. The summed E-state index contributed by atoms with van der Waals surface area (Å²) in [5.74, 6) is 0.374. The molecule has 0 aliphatic carbocycles. The number of hydrogen-bond donors (Lipinski definition) is 1. The summed E-state index contributed by atoms with van der Waals surface area (Å²) < 4.78 is 7.18. The molecule has 0 spiro atoms. The van der Waals surface area contributed by atoms with Gasteiger partial charge in [0, 0.05) is 13.7 Å². The molecule has 92 valence electrons. The van der Waals surface area contributed by atoms with Crippen molar-refractivity contribution in [2.24, 2.45) is 5.73 Å². The molecule has 1 unspecified atom stereocenters. The zero-order chi connectivity index (χ0) is 12.1. The van der Waals surface area contributed by atoms with E-state index in [1.165, 1.54) is 0 Å². The van der Waals surface area contributed by atoms with Gasteiger partial charge in [0.15, 0.2) is 0 Å². The maximum Gasteiger partial charge on any atom is 0.0997 e. The van der Waals surface area contributed by atoms with Gasteiger partial charge in [0.1, 0.15) is 0 Å². The maximum absolute atomic E-state index is 5.67. The van der Waals surface area contributed by atoms with Crippen LogP contribution in [0.1, 0.15) is 50.5 Å². The summed E-state index contributed by atoms with van der Waals surface area (Å²) in [5, 5.41) is 8.34. The highest BCUT2D eigenvalue weighted by Crippen LogP contribution is 2.22. The van der Waals surface area contributed by atoms with E-state index in [0.29, 0.717) is 19.1 Å². The number of ether oxygens (including phenoxy) is 1. The molecule has 0 radical (unpaired) electrons. The van der Waals surface area contributed by atoms with Gasteiger partial charge in [-0.15, -0.1) is 5.10 Å². The topological polar surface area (TPSA) is 66.0 Å². The Morgan fingerprint density at radius 3 is 2.56 bits per heavy atom. The van der Waals surface area contributed by atoms with Crippen LogP contribution >= 0.6 is 0 Å². The Morgan fingerprint density at radius 2 is 2.12 bits per heavy atom. The molecule has 1 rings (SSSR count). The normalized spacial score (nSPS) is 13.4. The third-order valence-corrected chi connectivity index (χ3v) is 2.72. The van der Waals surface area contributed by atoms with E-state index in [9.17, 15) is 0 Å². The summed E-state index contributed by atoms with van der Waals surface area (Å²) in [5.41, 5.74) is 7.69. The van der Waals surface area contributed by atoms with E-state index in [1.54, 1.807) is 7.11 Å². The van der Waals surface area contributed by atoms with Crippen molar-refractivity contribution in [2.45, 2.75) is 45.7 Å². The summed E-state index contributed by atoms with van der Waals surface area (Å²) in [6, 6.07) is 0.246. The van der Waals surface area contributed by atoms with E-state index in [4.69, 9.17) is 10.5 Å². The standard InChI is InChI=1S/C11H22N4O/c1-5-9(7-16-4)15-11(8(2)3)10(6-12)13-14-15/h8-9H,5-7,12H2,1-4H3. The highest BCUT2D eigenvalue weighted by atomic mass is 16.5. The molecule has 0 aliphatic rings. The van der Waals surface area contributed by atoms with Gasteiger partial charge >= 0.3 is 0 Å². The Balaban J connectivity index is 3.06. The fourth-order valence-electron chi connectivity index (χ4n) is 1.90. The van der Waals surface area contributed by atoms with Crippen LogP contribution in [0.25, 0.3) is 0 Å². The van der Waals surface area contributed by atoms with Crippen molar-refractivity contribution < 1.29 is 4.74 Å². The van der Waals surface area contributed by atoms with Crippen molar-refractivity contribution in [1.82, 2.24) is 15.0 Å². The molecule has 0 saturated heterocycles. The van der Waals surface area contributed by atoms with Gasteiger partial charge in [0.05, 0.1) is 24.0 Å². The molecule has 1 atom stereocenters. The van der Waals surface area contributed by atoms with Gasteiger partial charge in [0.2, 0.25) is 0 Å². The molecule has 0 amide bonds. The van der Waals surface area contributed by atoms with E-state index in [1.807, 2.05) is 4.68 Å². The Labute approximate surface area is 97.0 Å². The molecule has 0 bridgehead atoms. The number of methoxy groups -OCH3 is 1. The minimum absolute atomic E-state index is 0.246. The average molecular weight is 226 g/mol. The number of nitrogens with two attached hydrogens (primary N) is 1. The molecule has 16 heavy (non-hydrogen) atoms. The van der Waals surface area contributed by atoms with Gasteiger partial charge in [-0.2, -0.15) is 0 Å². The van der Waals surface area contributed by atoms with Crippen LogP contribution < -0.4 is 5.73 Å². The molecule has 1 heterocycles. The minimum Gasteiger partial charge on any atom is -0.382 e. The van der Waals surface area contributed by atoms with E-state index < -0.39 is 0 Å². The molecule has 0 aromatic carbocycles. The van der Waals surface area contributed by atoms with Crippen LogP contribution in [0.2, 0.25) is 0 Å². The van der Waals surface area contributed by atoms with Crippen molar-refractivity contribution in [3.05, 3.63) is 11.4 Å². The quantitative estimate of drug-likeness (QED) is 0.797. The Kier molecular flexibility index (Phi) is 4.89. The van der Waals surface area contributed by atoms with Gasteiger partial charge < -0.3 is 10.5 Å². The van der Waals surface area contributed by atoms with Crippen molar-refractivity contribution >= 4 is 0 Å². The summed E-state index contributed by atoms with van der Waals surface area (Å²) in [6.07, 6.45) is 0.973. The second kappa shape index (κ2) is 5.96. The first-order chi connectivity index (χ1) is 7.65. The summed E-state index contributed by atoms with van der Waals surface area (Å²) in [6.45, 7) is 7.49. The lowest BCUT2D eigenvalue weighted by Gasteiger charge is -2.18. The van der Waals surface area contributed by atoms with Gasteiger partial charge in [-0.1, -0.05) is 26.0 Å². The Bertz CT molecular complexity index is 322. The third-order valence-electron chi connectivity index (χ3n) is 2.72. The fourth-order valence-corrected chi connectivity index (χ4v) is 1.90. The Morgan fingerprint density at radius 1 is 1.44 bits per heavy atom. The SMILES string of the molecule is CCC(COC)n1nnc(CN)c1C(C)C. The monoisotopic (exact) mass is 226 g/mol. The first kappa shape index (κ1) is 13.1. The molecule has 0 saturated carbocycles. The van der Waals surface area contributed by atoms with Crippen molar-refractivity contribution in [2.75, 3.05) is 13.7 Å².